The van der Waals surface area contributed by atoms with E-state index < -0.39 is 30.2 Å². The summed E-state index contributed by atoms with van der Waals surface area (Å²) in [5.41, 5.74) is -0.137. The maximum atomic E-state index is 12.5. The van der Waals surface area contributed by atoms with E-state index in [0.29, 0.717) is 23.1 Å². The Morgan fingerprint density at radius 3 is 2.00 bits per heavy atom. The monoisotopic (exact) mass is 416 g/mol. The number of rotatable bonds is 9. The highest BCUT2D eigenvalue weighted by Crippen LogP contribution is 2.29. The van der Waals surface area contributed by atoms with Gasteiger partial charge in [0.25, 0.3) is 6.08 Å². The van der Waals surface area contributed by atoms with Gasteiger partial charge < -0.3 is 14.2 Å². The number of carbonyl (C=O) groups excluding carboxylic acids is 1. The van der Waals surface area contributed by atoms with E-state index in [1.165, 1.54) is 12.1 Å². The fraction of sp³-hybridized carbons (Fsp3) is 0.250. The lowest BCUT2D eigenvalue weighted by Gasteiger charge is -2.10. The SMILES string of the molecule is O=C(CC=C(F)F)OCCOc1ccc(OCc2ccc(C(F)(F)F)cc2)cc1. The summed E-state index contributed by atoms with van der Waals surface area (Å²) in [6, 6.07) is 11.1. The van der Waals surface area contributed by atoms with Gasteiger partial charge in [-0.15, -0.1) is 0 Å². The summed E-state index contributed by atoms with van der Waals surface area (Å²) in [5, 5.41) is 0. The van der Waals surface area contributed by atoms with Gasteiger partial charge in [0.05, 0.1) is 12.0 Å². The van der Waals surface area contributed by atoms with E-state index in [2.05, 4.69) is 0 Å². The van der Waals surface area contributed by atoms with Gasteiger partial charge in [-0.1, -0.05) is 12.1 Å². The standard InChI is InChI=1S/C20H17F5O4/c21-18(22)9-10-19(26)28-12-11-27-16-5-7-17(8-6-16)29-13-14-1-3-15(4-2-14)20(23,24)25/h1-9H,10-13H2. The van der Waals surface area contributed by atoms with Gasteiger partial charge in [0.15, 0.2) is 0 Å². The smallest absolute Gasteiger partial charge is 0.416 e. The number of ether oxygens (including phenoxy) is 3. The summed E-state index contributed by atoms with van der Waals surface area (Å²) in [6.45, 7) is 0.0499. The molecule has 0 bridgehead atoms. The normalized spacial score (nSPS) is 10.9. The van der Waals surface area contributed by atoms with Crippen molar-refractivity contribution in [2.45, 2.75) is 19.2 Å². The fourth-order valence-corrected chi connectivity index (χ4v) is 2.12. The van der Waals surface area contributed by atoms with Crippen LogP contribution in [0, 0.1) is 0 Å². The molecular formula is C20H17F5O4. The average Bonchev–Trinajstić information content (AvgIpc) is 2.68. The molecule has 29 heavy (non-hydrogen) atoms. The number of carbonyl (C=O) groups is 1. The maximum Gasteiger partial charge on any atom is 0.416 e. The first-order valence-electron chi connectivity index (χ1n) is 8.42. The van der Waals surface area contributed by atoms with E-state index in [1.807, 2.05) is 0 Å². The van der Waals surface area contributed by atoms with Gasteiger partial charge in [-0.05, 0) is 48.0 Å². The fourth-order valence-electron chi connectivity index (χ4n) is 2.12. The van der Waals surface area contributed by atoms with E-state index in [0.717, 1.165) is 12.1 Å². The van der Waals surface area contributed by atoms with Crippen molar-refractivity contribution in [3.63, 3.8) is 0 Å². The lowest BCUT2D eigenvalue weighted by molar-refractivity contribution is -0.143. The molecule has 0 amide bonds. The topological polar surface area (TPSA) is 44.8 Å². The van der Waals surface area contributed by atoms with Crippen LogP contribution in [-0.2, 0) is 22.3 Å². The van der Waals surface area contributed by atoms with Crippen LogP contribution in [0.25, 0.3) is 0 Å². The van der Waals surface area contributed by atoms with E-state index in [-0.39, 0.29) is 19.8 Å². The van der Waals surface area contributed by atoms with Crippen LogP contribution in [0.5, 0.6) is 11.5 Å². The Hall–Kier alpha value is -3.10. The molecule has 2 rings (SSSR count). The molecule has 156 valence electrons. The number of esters is 1. The Morgan fingerprint density at radius 2 is 1.45 bits per heavy atom. The highest BCUT2D eigenvalue weighted by molar-refractivity contribution is 5.71. The third-order valence-corrected chi connectivity index (χ3v) is 3.55. The van der Waals surface area contributed by atoms with Crippen molar-refractivity contribution in [3.8, 4) is 11.5 Å². The molecule has 0 aromatic heterocycles. The van der Waals surface area contributed by atoms with Crippen LogP contribution >= 0.6 is 0 Å². The highest BCUT2D eigenvalue weighted by Gasteiger charge is 2.29. The number of hydrogen-bond donors (Lipinski definition) is 0. The molecule has 2 aromatic rings. The summed E-state index contributed by atoms with van der Waals surface area (Å²) in [5.74, 6) is 0.176. The molecule has 0 spiro atoms. The molecule has 0 saturated carbocycles. The van der Waals surface area contributed by atoms with Crippen molar-refractivity contribution >= 4 is 5.97 Å². The zero-order valence-electron chi connectivity index (χ0n) is 15.0. The number of benzene rings is 2. The van der Waals surface area contributed by atoms with E-state index in [1.54, 1.807) is 24.3 Å². The third-order valence-electron chi connectivity index (χ3n) is 3.55. The molecule has 0 N–H and O–H groups in total. The highest BCUT2D eigenvalue weighted by atomic mass is 19.4. The first-order chi connectivity index (χ1) is 13.7. The number of halogens is 5. The summed E-state index contributed by atoms with van der Waals surface area (Å²) < 4.78 is 76.8. The predicted octanol–water partition coefficient (Wildman–Crippen LogP) is 5.38. The molecule has 4 nitrogen and oxygen atoms in total. The molecule has 0 aliphatic rings. The minimum atomic E-state index is -4.38. The quantitative estimate of drug-likeness (QED) is 0.313. The van der Waals surface area contributed by atoms with Crippen molar-refractivity contribution < 1.29 is 41.0 Å². The number of alkyl halides is 3. The summed E-state index contributed by atoms with van der Waals surface area (Å²) >= 11 is 0. The van der Waals surface area contributed by atoms with Gasteiger partial charge >= 0.3 is 12.1 Å². The van der Waals surface area contributed by atoms with Gasteiger partial charge in [0, 0.05) is 0 Å². The Kier molecular flexibility index (Phi) is 7.99. The van der Waals surface area contributed by atoms with E-state index >= 15 is 0 Å². The second-order valence-electron chi connectivity index (χ2n) is 5.72. The van der Waals surface area contributed by atoms with Crippen LogP contribution in [0.1, 0.15) is 17.5 Å². The Bertz CT molecular complexity index is 810. The maximum absolute atomic E-state index is 12.5. The largest absolute Gasteiger partial charge is 0.490 e. The molecular weight excluding hydrogens is 399 g/mol. The molecule has 9 heteroatoms. The zero-order chi connectivity index (χ0) is 21.3. The van der Waals surface area contributed by atoms with Gasteiger partial charge in [-0.2, -0.15) is 22.0 Å². The van der Waals surface area contributed by atoms with Gasteiger partial charge in [0.2, 0.25) is 0 Å². The second kappa shape index (κ2) is 10.4. The first kappa shape index (κ1) is 22.2. The van der Waals surface area contributed by atoms with Crippen LogP contribution in [-0.4, -0.2) is 19.2 Å². The summed E-state index contributed by atoms with van der Waals surface area (Å²) in [4.78, 5) is 11.1. The van der Waals surface area contributed by atoms with Crippen molar-refractivity contribution in [1.82, 2.24) is 0 Å². The predicted molar refractivity (Wildman–Crippen MR) is 93.6 cm³/mol. The molecule has 0 radical (unpaired) electrons. The van der Waals surface area contributed by atoms with Crippen LogP contribution in [0.4, 0.5) is 22.0 Å². The molecule has 2 aromatic carbocycles. The molecule has 0 heterocycles. The van der Waals surface area contributed by atoms with E-state index in [4.69, 9.17) is 14.2 Å². The molecule has 0 fully saturated rings. The molecule has 0 aliphatic heterocycles. The van der Waals surface area contributed by atoms with E-state index in [9.17, 15) is 26.7 Å². The van der Waals surface area contributed by atoms with Crippen molar-refractivity contribution in [1.29, 1.82) is 0 Å². The van der Waals surface area contributed by atoms with Crippen molar-refractivity contribution in [3.05, 3.63) is 71.8 Å². The lowest BCUT2D eigenvalue weighted by atomic mass is 10.1. The van der Waals surface area contributed by atoms with Gasteiger partial charge in [-0.3, -0.25) is 4.79 Å². The second-order valence-corrected chi connectivity index (χ2v) is 5.72. The molecule has 0 saturated heterocycles. The number of hydrogen-bond acceptors (Lipinski definition) is 4. The van der Waals surface area contributed by atoms with Crippen molar-refractivity contribution in [2.24, 2.45) is 0 Å². The van der Waals surface area contributed by atoms with Crippen LogP contribution in [0.3, 0.4) is 0 Å². The Morgan fingerprint density at radius 1 is 0.862 bits per heavy atom. The summed E-state index contributed by atoms with van der Waals surface area (Å²) in [7, 11) is 0. The minimum Gasteiger partial charge on any atom is -0.490 e. The minimum absolute atomic E-state index is 0.0410. The molecule has 0 aliphatic carbocycles. The average molecular weight is 416 g/mol. The summed E-state index contributed by atoms with van der Waals surface area (Å²) in [6.07, 6.45) is -6.37. The Labute approximate surface area is 163 Å². The third kappa shape index (κ3) is 8.20. The molecule has 0 unspecified atom stereocenters. The zero-order valence-corrected chi connectivity index (χ0v) is 15.0. The first-order valence-corrected chi connectivity index (χ1v) is 8.42. The van der Waals surface area contributed by atoms with Crippen LogP contribution < -0.4 is 9.47 Å². The van der Waals surface area contributed by atoms with Crippen LogP contribution in [0.15, 0.2) is 60.7 Å². The Balaban J connectivity index is 1.72. The van der Waals surface area contributed by atoms with Gasteiger partial charge in [-0.25, -0.2) is 0 Å². The van der Waals surface area contributed by atoms with Crippen LogP contribution in [0.2, 0.25) is 0 Å². The lowest BCUT2D eigenvalue weighted by Crippen LogP contribution is -2.11. The van der Waals surface area contributed by atoms with Crippen molar-refractivity contribution in [2.75, 3.05) is 13.2 Å². The molecule has 0 atom stereocenters. The van der Waals surface area contributed by atoms with Gasteiger partial charge in [0.1, 0.15) is 31.3 Å².